The first-order valence-electron chi connectivity index (χ1n) is 8.74. The number of nitrogens with zero attached hydrogens (tertiary/aromatic N) is 2. The summed E-state index contributed by atoms with van der Waals surface area (Å²) in [7, 11) is 0. The van der Waals surface area contributed by atoms with E-state index in [1.165, 1.54) is 16.5 Å². The number of amidine groups is 1. The maximum absolute atomic E-state index is 13.0. The van der Waals surface area contributed by atoms with Crippen molar-refractivity contribution in [3.8, 4) is 0 Å². The standard InChI is InChI=1S/C22H22N2O/c1-14-4-5-18-11-19(7-6-17(18)9-14)22(25)20-12-23-21-10-15(2)8-16(3)24(21)13-20/h4-11,20H,12-13H2,1-3H3. The maximum atomic E-state index is 13.0. The molecule has 0 aliphatic carbocycles. The third kappa shape index (κ3) is 2.91. The Bertz CT molecular complexity index is 965. The molecule has 2 aromatic carbocycles. The molecule has 0 bridgehead atoms. The van der Waals surface area contributed by atoms with E-state index in [2.05, 4.69) is 61.0 Å². The van der Waals surface area contributed by atoms with E-state index in [9.17, 15) is 4.79 Å². The number of rotatable bonds is 2. The predicted octanol–water partition coefficient (Wildman–Crippen LogP) is 4.52. The number of benzene rings is 2. The molecule has 2 aromatic rings. The zero-order valence-electron chi connectivity index (χ0n) is 14.9. The van der Waals surface area contributed by atoms with E-state index in [1.54, 1.807) is 0 Å². The smallest absolute Gasteiger partial charge is 0.169 e. The highest BCUT2D eigenvalue weighted by atomic mass is 16.1. The molecule has 2 aliphatic heterocycles. The Labute approximate surface area is 148 Å². The van der Waals surface area contributed by atoms with E-state index in [-0.39, 0.29) is 11.7 Å². The number of aryl methyl sites for hydroxylation is 1. The van der Waals surface area contributed by atoms with Gasteiger partial charge in [0.25, 0.3) is 0 Å². The van der Waals surface area contributed by atoms with Crippen LogP contribution in [0.2, 0.25) is 0 Å². The van der Waals surface area contributed by atoms with Gasteiger partial charge in [0.2, 0.25) is 0 Å². The first-order valence-corrected chi connectivity index (χ1v) is 8.74. The lowest BCUT2D eigenvalue weighted by atomic mass is 9.93. The van der Waals surface area contributed by atoms with Crippen molar-refractivity contribution in [1.82, 2.24) is 4.90 Å². The first-order chi connectivity index (χ1) is 12.0. The van der Waals surface area contributed by atoms with Crippen molar-refractivity contribution >= 4 is 22.4 Å². The number of carbonyl (C=O) groups excluding carboxylic acids is 1. The molecule has 0 radical (unpaired) electrons. The van der Waals surface area contributed by atoms with E-state index in [0.29, 0.717) is 13.1 Å². The summed E-state index contributed by atoms with van der Waals surface area (Å²) in [6.07, 6.45) is 4.23. The monoisotopic (exact) mass is 330 g/mol. The fourth-order valence-corrected chi connectivity index (χ4v) is 3.68. The number of allylic oxidation sites excluding steroid dienone is 3. The van der Waals surface area contributed by atoms with Crippen molar-refractivity contribution in [1.29, 1.82) is 0 Å². The Kier molecular flexibility index (Phi) is 3.79. The van der Waals surface area contributed by atoms with Crippen LogP contribution < -0.4 is 0 Å². The summed E-state index contributed by atoms with van der Waals surface area (Å²) in [6, 6.07) is 12.3. The molecule has 1 atom stereocenters. The summed E-state index contributed by atoms with van der Waals surface area (Å²) < 4.78 is 0. The molecule has 0 saturated heterocycles. The van der Waals surface area contributed by atoms with Crippen molar-refractivity contribution in [3.63, 3.8) is 0 Å². The van der Waals surface area contributed by atoms with Gasteiger partial charge in [-0.15, -0.1) is 0 Å². The van der Waals surface area contributed by atoms with Gasteiger partial charge in [0.05, 0.1) is 12.5 Å². The van der Waals surface area contributed by atoms with Crippen LogP contribution in [0, 0.1) is 12.8 Å². The molecule has 0 aromatic heterocycles. The molecule has 25 heavy (non-hydrogen) atoms. The second kappa shape index (κ2) is 5.99. The SMILES string of the molecule is CC1=CC2=NCC(C(=O)c3ccc4cc(C)ccc4c3)CN2C(C)=C1. The first kappa shape index (κ1) is 15.8. The highest BCUT2D eigenvalue weighted by molar-refractivity contribution is 6.03. The van der Waals surface area contributed by atoms with Gasteiger partial charge in [-0.25, -0.2) is 0 Å². The lowest BCUT2D eigenvalue weighted by Crippen LogP contribution is -2.42. The largest absolute Gasteiger partial charge is 0.330 e. The molecule has 1 unspecified atom stereocenters. The Hall–Kier alpha value is -2.68. The van der Waals surface area contributed by atoms with Crippen molar-refractivity contribution in [3.05, 3.63) is 70.9 Å². The lowest BCUT2D eigenvalue weighted by molar-refractivity contribution is 0.0907. The third-order valence-electron chi connectivity index (χ3n) is 5.02. The minimum Gasteiger partial charge on any atom is -0.330 e. The fraction of sp³-hybridized carbons (Fsp3) is 0.273. The molecule has 2 heterocycles. The number of Topliss-reactive ketones (excluding diaryl/α,β-unsaturated/α-hetero) is 1. The lowest BCUT2D eigenvalue weighted by Gasteiger charge is -2.35. The Morgan fingerprint density at radius 2 is 1.80 bits per heavy atom. The van der Waals surface area contributed by atoms with Gasteiger partial charge in [-0.05, 0) is 55.3 Å². The number of fused-ring (bicyclic) bond motifs is 2. The van der Waals surface area contributed by atoms with Gasteiger partial charge in [0.1, 0.15) is 5.84 Å². The zero-order valence-corrected chi connectivity index (χ0v) is 14.9. The van der Waals surface area contributed by atoms with Gasteiger partial charge in [0, 0.05) is 17.8 Å². The summed E-state index contributed by atoms with van der Waals surface area (Å²) in [6.45, 7) is 7.51. The number of hydrogen-bond acceptors (Lipinski definition) is 3. The zero-order chi connectivity index (χ0) is 17.6. The van der Waals surface area contributed by atoms with Crippen LogP contribution in [-0.4, -0.2) is 29.6 Å². The summed E-state index contributed by atoms with van der Waals surface area (Å²) in [5.74, 6) is 1.07. The van der Waals surface area contributed by atoms with E-state index < -0.39 is 0 Å². The topological polar surface area (TPSA) is 32.7 Å². The van der Waals surface area contributed by atoms with Crippen molar-refractivity contribution in [2.24, 2.45) is 10.9 Å². The average molecular weight is 330 g/mol. The summed E-state index contributed by atoms with van der Waals surface area (Å²) >= 11 is 0. The van der Waals surface area contributed by atoms with Gasteiger partial charge in [-0.1, -0.05) is 35.9 Å². The van der Waals surface area contributed by atoms with Crippen LogP contribution in [0.3, 0.4) is 0 Å². The Morgan fingerprint density at radius 1 is 1.04 bits per heavy atom. The molecule has 3 nitrogen and oxygen atoms in total. The molecule has 0 saturated carbocycles. The van der Waals surface area contributed by atoms with Crippen LogP contribution in [-0.2, 0) is 0 Å². The fourth-order valence-electron chi connectivity index (χ4n) is 3.68. The molecular weight excluding hydrogens is 308 g/mol. The Balaban J connectivity index is 1.62. The second-order valence-electron chi connectivity index (χ2n) is 7.11. The number of aliphatic imine (C=N–C) groups is 1. The van der Waals surface area contributed by atoms with Gasteiger partial charge in [-0.2, -0.15) is 0 Å². The number of ketones is 1. The van der Waals surface area contributed by atoms with Crippen LogP contribution >= 0.6 is 0 Å². The van der Waals surface area contributed by atoms with Crippen molar-refractivity contribution in [2.75, 3.05) is 13.1 Å². The molecule has 2 aliphatic rings. The predicted molar refractivity (Wildman–Crippen MR) is 103 cm³/mol. The molecule has 0 fully saturated rings. The van der Waals surface area contributed by atoms with Crippen LogP contribution in [0.15, 0.2) is 64.8 Å². The van der Waals surface area contributed by atoms with E-state index >= 15 is 0 Å². The average Bonchev–Trinajstić information content (AvgIpc) is 2.60. The van der Waals surface area contributed by atoms with Crippen LogP contribution in [0.1, 0.15) is 29.8 Å². The summed E-state index contributed by atoms with van der Waals surface area (Å²) in [4.78, 5) is 19.8. The molecule has 3 heteroatoms. The van der Waals surface area contributed by atoms with Crippen molar-refractivity contribution in [2.45, 2.75) is 20.8 Å². The van der Waals surface area contributed by atoms with E-state index in [0.717, 1.165) is 22.5 Å². The van der Waals surface area contributed by atoms with E-state index in [1.807, 2.05) is 18.2 Å². The summed E-state index contributed by atoms with van der Waals surface area (Å²) in [5, 5.41) is 2.29. The number of hydrogen-bond donors (Lipinski definition) is 0. The summed E-state index contributed by atoms with van der Waals surface area (Å²) in [5.41, 5.74) is 4.38. The minimum atomic E-state index is -0.0956. The Morgan fingerprint density at radius 3 is 2.64 bits per heavy atom. The molecule has 126 valence electrons. The van der Waals surface area contributed by atoms with Crippen LogP contribution in [0.5, 0.6) is 0 Å². The minimum absolute atomic E-state index is 0.0956. The quantitative estimate of drug-likeness (QED) is 0.758. The molecular formula is C22H22N2O. The molecule has 4 rings (SSSR count). The highest BCUT2D eigenvalue weighted by Crippen LogP contribution is 2.25. The highest BCUT2D eigenvalue weighted by Gasteiger charge is 2.29. The van der Waals surface area contributed by atoms with Crippen LogP contribution in [0.4, 0.5) is 0 Å². The van der Waals surface area contributed by atoms with Crippen LogP contribution in [0.25, 0.3) is 10.8 Å². The third-order valence-corrected chi connectivity index (χ3v) is 5.02. The van der Waals surface area contributed by atoms with E-state index in [4.69, 9.17) is 0 Å². The molecule has 0 spiro atoms. The van der Waals surface area contributed by atoms with Gasteiger partial charge >= 0.3 is 0 Å². The maximum Gasteiger partial charge on any atom is 0.169 e. The van der Waals surface area contributed by atoms with Gasteiger partial charge in [0.15, 0.2) is 5.78 Å². The molecule has 0 amide bonds. The second-order valence-corrected chi connectivity index (χ2v) is 7.11. The normalized spacial score (nSPS) is 19.9. The van der Waals surface area contributed by atoms with Crippen molar-refractivity contribution < 1.29 is 4.79 Å². The van der Waals surface area contributed by atoms with Gasteiger partial charge in [-0.3, -0.25) is 9.79 Å². The number of carbonyl (C=O) groups is 1. The van der Waals surface area contributed by atoms with Gasteiger partial charge < -0.3 is 4.90 Å². The molecule has 0 N–H and O–H groups in total.